The van der Waals surface area contributed by atoms with Gasteiger partial charge in [0.2, 0.25) is 0 Å². The number of hydrogen-bond acceptors (Lipinski definition) is 6. The number of halogens is 1. The number of nitrogens with zero attached hydrogens (tertiary/aromatic N) is 1. The highest BCUT2D eigenvalue weighted by atomic mass is 79.9. The van der Waals surface area contributed by atoms with E-state index in [-0.39, 0.29) is 23.6 Å². The fourth-order valence-corrected chi connectivity index (χ4v) is 2.57. The third kappa shape index (κ3) is 4.02. The highest BCUT2D eigenvalue weighted by Gasteiger charge is 2.18. The van der Waals surface area contributed by atoms with Crippen LogP contribution in [-0.4, -0.2) is 25.1 Å². The molecule has 0 N–H and O–H groups in total. The van der Waals surface area contributed by atoms with E-state index < -0.39 is 10.9 Å². The number of esters is 1. The number of carbonyl (C=O) groups is 1. The number of ether oxygens (including phenoxy) is 3. The van der Waals surface area contributed by atoms with Gasteiger partial charge in [0.15, 0.2) is 5.75 Å². The van der Waals surface area contributed by atoms with Crippen molar-refractivity contribution >= 4 is 27.6 Å². The van der Waals surface area contributed by atoms with Crippen LogP contribution in [0.4, 0.5) is 5.69 Å². The monoisotopic (exact) mass is 395 g/mol. The molecule has 0 saturated heterocycles. The van der Waals surface area contributed by atoms with E-state index in [4.69, 9.17) is 9.47 Å². The lowest BCUT2D eigenvalue weighted by molar-refractivity contribution is -0.385. The van der Waals surface area contributed by atoms with Crippen molar-refractivity contribution in [2.45, 2.75) is 6.61 Å². The van der Waals surface area contributed by atoms with E-state index in [1.54, 1.807) is 25.3 Å². The molecule has 0 atom stereocenters. The van der Waals surface area contributed by atoms with Crippen molar-refractivity contribution in [2.24, 2.45) is 0 Å². The first-order chi connectivity index (χ1) is 11.5. The Kier molecular flexibility index (Phi) is 5.75. The van der Waals surface area contributed by atoms with Crippen LogP contribution in [0.5, 0.6) is 11.5 Å². The van der Waals surface area contributed by atoms with Gasteiger partial charge < -0.3 is 14.2 Å². The highest BCUT2D eigenvalue weighted by Crippen LogP contribution is 2.30. The topological polar surface area (TPSA) is 87.9 Å². The summed E-state index contributed by atoms with van der Waals surface area (Å²) in [5.41, 5.74) is 0.727. The first-order valence-electron chi connectivity index (χ1n) is 6.78. The maximum Gasteiger partial charge on any atom is 0.337 e. The third-order valence-electron chi connectivity index (χ3n) is 3.19. The summed E-state index contributed by atoms with van der Waals surface area (Å²) in [4.78, 5) is 22.1. The van der Waals surface area contributed by atoms with E-state index in [2.05, 4.69) is 20.7 Å². The number of methoxy groups -OCH3 is 2. The minimum absolute atomic E-state index is 0.00478. The summed E-state index contributed by atoms with van der Waals surface area (Å²) in [5.74, 6) is 0.0641. The second-order valence-corrected chi connectivity index (χ2v) is 5.54. The van der Waals surface area contributed by atoms with Crippen molar-refractivity contribution in [3.8, 4) is 11.5 Å². The van der Waals surface area contributed by atoms with E-state index in [0.29, 0.717) is 5.75 Å². The lowest BCUT2D eigenvalue weighted by Crippen LogP contribution is -2.04. The molecule has 2 rings (SSSR count). The number of rotatable bonds is 6. The van der Waals surface area contributed by atoms with Crippen LogP contribution in [0.25, 0.3) is 0 Å². The molecule has 0 amide bonds. The number of benzene rings is 2. The van der Waals surface area contributed by atoms with Crippen LogP contribution in [0.3, 0.4) is 0 Å². The van der Waals surface area contributed by atoms with E-state index >= 15 is 0 Å². The molecule has 0 bridgehead atoms. The fourth-order valence-electron chi connectivity index (χ4n) is 1.99. The summed E-state index contributed by atoms with van der Waals surface area (Å²) in [5, 5.41) is 11.1. The number of nitro benzene ring substituents is 1. The summed E-state index contributed by atoms with van der Waals surface area (Å²) in [6.45, 7) is 0.0913. The first kappa shape index (κ1) is 17.7. The molecule has 0 aliphatic carbocycles. The molecular formula is C16H14BrNO6. The molecule has 7 nitrogen and oxygen atoms in total. The molecule has 24 heavy (non-hydrogen) atoms. The molecule has 126 valence electrons. The molecular weight excluding hydrogens is 382 g/mol. The second-order valence-electron chi connectivity index (χ2n) is 4.69. The maximum atomic E-state index is 11.6. The molecule has 0 radical (unpaired) electrons. The molecule has 2 aromatic rings. The van der Waals surface area contributed by atoms with Gasteiger partial charge in [-0.1, -0.05) is 6.07 Å². The molecule has 8 heteroatoms. The van der Waals surface area contributed by atoms with Crippen LogP contribution in [0.2, 0.25) is 0 Å². The van der Waals surface area contributed by atoms with Crippen molar-refractivity contribution in [2.75, 3.05) is 14.2 Å². The van der Waals surface area contributed by atoms with Crippen molar-refractivity contribution in [1.82, 2.24) is 0 Å². The van der Waals surface area contributed by atoms with Gasteiger partial charge >= 0.3 is 11.7 Å². The van der Waals surface area contributed by atoms with Crippen molar-refractivity contribution in [3.63, 3.8) is 0 Å². The average Bonchev–Trinajstić information content (AvgIpc) is 2.58. The summed E-state index contributed by atoms with van der Waals surface area (Å²) in [6.07, 6.45) is 0. The van der Waals surface area contributed by atoms with Crippen LogP contribution in [0.15, 0.2) is 40.9 Å². The summed E-state index contributed by atoms with van der Waals surface area (Å²) >= 11 is 3.36. The summed E-state index contributed by atoms with van der Waals surface area (Å²) in [7, 11) is 2.79. The minimum atomic E-state index is -0.595. The Morgan fingerprint density at radius 1 is 1.17 bits per heavy atom. The molecule has 0 heterocycles. The number of hydrogen-bond donors (Lipinski definition) is 0. The van der Waals surface area contributed by atoms with Gasteiger partial charge in [0.25, 0.3) is 0 Å². The maximum absolute atomic E-state index is 11.6. The van der Waals surface area contributed by atoms with Crippen LogP contribution >= 0.6 is 15.9 Å². The number of carbonyl (C=O) groups excluding carboxylic acids is 1. The minimum Gasteiger partial charge on any atom is -0.496 e. The Morgan fingerprint density at radius 3 is 2.50 bits per heavy atom. The Morgan fingerprint density at radius 2 is 1.92 bits per heavy atom. The average molecular weight is 396 g/mol. The second kappa shape index (κ2) is 7.78. The van der Waals surface area contributed by atoms with Crippen LogP contribution in [-0.2, 0) is 11.3 Å². The smallest absolute Gasteiger partial charge is 0.337 e. The predicted molar refractivity (Wildman–Crippen MR) is 89.5 cm³/mol. The van der Waals surface area contributed by atoms with Gasteiger partial charge in [0.1, 0.15) is 12.4 Å². The Labute approximate surface area is 146 Å². The van der Waals surface area contributed by atoms with Gasteiger partial charge in [-0.2, -0.15) is 0 Å². The predicted octanol–water partition coefficient (Wildman–Crippen LogP) is 3.73. The molecule has 0 unspecified atom stereocenters. The standard InChI is InChI=1S/C16H14BrNO6/c1-22-14-6-3-10(7-12(14)17)9-24-15-8-11(16(19)23-2)4-5-13(15)18(20)21/h3-8H,9H2,1-2H3. The molecule has 0 aliphatic heterocycles. The van der Waals surface area contributed by atoms with Crippen LogP contribution < -0.4 is 9.47 Å². The Balaban J connectivity index is 2.25. The molecule has 0 aromatic heterocycles. The first-order valence-corrected chi connectivity index (χ1v) is 7.57. The SMILES string of the molecule is COC(=O)c1ccc([N+](=O)[O-])c(OCc2ccc(OC)c(Br)c2)c1. The molecule has 2 aromatic carbocycles. The van der Waals surface area contributed by atoms with Crippen molar-refractivity contribution in [3.05, 3.63) is 62.1 Å². The van der Waals surface area contributed by atoms with E-state index in [1.807, 2.05) is 0 Å². The quantitative estimate of drug-likeness (QED) is 0.420. The largest absolute Gasteiger partial charge is 0.496 e. The summed E-state index contributed by atoms with van der Waals surface area (Å²) < 4.78 is 16.0. The molecule has 0 saturated carbocycles. The van der Waals surface area contributed by atoms with Gasteiger partial charge in [-0.05, 0) is 39.7 Å². The third-order valence-corrected chi connectivity index (χ3v) is 3.81. The van der Waals surface area contributed by atoms with E-state index in [0.717, 1.165) is 10.0 Å². The summed E-state index contributed by atoms with van der Waals surface area (Å²) in [6, 6.07) is 9.14. The van der Waals surface area contributed by atoms with Crippen molar-refractivity contribution in [1.29, 1.82) is 0 Å². The van der Waals surface area contributed by atoms with Gasteiger partial charge in [-0.3, -0.25) is 10.1 Å². The lowest BCUT2D eigenvalue weighted by Gasteiger charge is -2.10. The van der Waals surface area contributed by atoms with Gasteiger partial charge in [0, 0.05) is 12.1 Å². The van der Waals surface area contributed by atoms with Crippen LogP contribution in [0.1, 0.15) is 15.9 Å². The zero-order valence-corrected chi connectivity index (χ0v) is 14.5. The lowest BCUT2D eigenvalue weighted by atomic mass is 10.2. The van der Waals surface area contributed by atoms with Gasteiger partial charge in [0.05, 0.1) is 29.2 Å². The Hall–Kier alpha value is -2.61. The molecule has 0 fully saturated rings. The fraction of sp³-hybridized carbons (Fsp3) is 0.188. The van der Waals surface area contributed by atoms with Crippen molar-refractivity contribution < 1.29 is 23.9 Å². The highest BCUT2D eigenvalue weighted by molar-refractivity contribution is 9.10. The molecule has 0 aliphatic rings. The zero-order valence-electron chi connectivity index (χ0n) is 12.9. The van der Waals surface area contributed by atoms with Gasteiger partial charge in [-0.15, -0.1) is 0 Å². The molecule has 0 spiro atoms. The van der Waals surface area contributed by atoms with E-state index in [9.17, 15) is 14.9 Å². The van der Waals surface area contributed by atoms with E-state index in [1.165, 1.54) is 25.3 Å². The zero-order chi connectivity index (χ0) is 17.7. The van der Waals surface area contributed by atoms with Gasteiger partial charge in [-0.25, -0.2) is 4.79 Å². The Bertz CT molecular complexity index is 777. The normalized spacial score (nSPS) is 10.1. The number of nitro groups is 1. The van der Waals surface area contributed by atoms with Crippen LogP contribution in [0, 0.1) is 10.1 Å².